The van der Waals surface area contributed by atoms with Crippen LogP contribution in [0.25, 0.3) is 6.08 Å². The number of hydrogen-bond acceptors (Lipinski definition) is 4. The van der Waals surface area contributed by atoms with Gasteiger partial charge >= 0.3 is 0 Å². The third-order valence-corrected chi connectivity index (χ3v) is 4.74. The van der Waals surface area contributed by atoms with Crippen molar-refractivity contribution in [2.24, 2.45) is 0 Å². The number of likely N-dealkylation sites (N-methyl/N-ethyl adjacent to an activating group) is 1. The van der Waals surface area contributed by atoms with E-state index >= 15 is 0 Å². The fourth-order valence-corrected chi connectivity index (χ4v) is 3.07. The molecule has 1 aromatic carbocycles. The lowest BCUT2D eigenvalue weighted by Crippen LogP contribution is -2.24. The van der Waals surface area contributed by atoms with Crippen LogP contribution in [0.4, 0.5) is 0 Å². The molecule has 0 fully saturated rings. The van der Waals surface area contributed by atoms with Crippen molar-refractivity contribution in [3.8, 4) is 0 Å². The number of aryl methyl sites for hydroxylation is 3. The van der Waals surface area contributed by atoms with Gasteiger partial charge in [0.1, 0.15) is 11.5 Å². The second-order valence-electron chi connectivity index (χ2n) is 7.18. The summed E-state index contributed by atoms with van der Waals surface area (Å²) in [5.41, 5.74) is 6.10. The van der Waals surface area contributed by atoms with Crippen LogP contribution in [0.5, 0.6) is 0 Å². The summed E-state index contributed by atoms with van der Waals surface area (Å²) >= 11 is 0. The molecular weight excluding hydrogens is 352 g/mol. The highest BCUT2D eigenvalue weighted by atomic mass is 16.5. The number of hydrogen-bond donors (Lipinski definition) is 0. The zero-order valence-electron chi connectivity index (χ0n) is 17.1. The summed E-state index contributed by atoms with van der Waals surface area (Å²) in [6.45, 7) is 9.02. The lowest BCUT2D eigenvalue weighted by Gasteiger charge is -2.12. The Kier molecular flexibility index (Phi) is 5.78. The number of benzene rings is 1. The first kappa shape index (κ1) is 19.6. The number of carbonyl (C=O) groups is 1. The number of nitrogens with zero attached hydrogens (tertiary/aromatic N) is 4. The normalized spacial score (nSPS) is 11.3. The molecule has 0 N–H and O–H groups in total. The molecule has 0 bridgehead atoms. The van der Waals surface area contributed by atoms with Crippen LogP contribution < -0.4 is 0 Å². The van der Waals surface area contributed by atoms with E-state index in [-0.39, 0.29) is 5.91 Å². The van der Waals surface area contributed by atoms with E-state index in [9.17, 15) is 4.79 Å². The fraction of sp³-hybridized carbons (Fsp3) is 0.318. The molecule has 146 valence electrons. The SMILES string of the molecule is Cc1ccc(Cn2nc(C)c(/C=C/C(=O)N(C)Cc3cc(C)on3)c2C)cc1. The van der Waals surface area contributed by atoms with E-state index in [0.717, 1.165) is 28.4 Å². The van der Waals surface area contributed by atoms with Crippen LogP contribution in [-0.4, -0.2) is 32.8 Å². The highest BCUT2D eigenvalue weighted by Crippen LogP contribution is 2.17. The molecule has 0 unspecified atom stereocenters. The Morgan fingerprint density at radius 2 is 1.89 bits per heavy atom. The van der Waals surface area contributed by atoms with E-state index in [4.69, 9.17) is 4.52 Å². The van der Waals surface area contributed by atoms with Gasteiger partial charge in [0.15, 0.2) is 0 Å². The van der Waals surface area contributed by atoms with Crippen molar-refractivity contribution in [2.75, 3.05) is 7.05 Å². The lowest BCUT2D eigenvalue weighted by molar-refractivity contribution is -0.125. The van der Waals surface area contributed by atoms with E-state index in [1.165, 1.54) is 11.1 Å². The molecule has 0 saturated heterocycles. The minimum atomic E-state index is -0.0919. The average Bonchev–Trinajstić information content (AvgIpc) is 3.18. The van der Waals surface area contributed by atoms with Gasteiger partial charge < -0.3 is 9.42 Å². The Labute approximate surface area is 165 Å². The van der Waals surface area contributed by atoms with Crippen LogP contribution >= 0.6 is 0 Å². The van der Waals surface area contributed by atoms with Gasteiger partial charge in [-0.15, -0.1) is 0 Å². The molecule has 0 atom stereocenters. The summed E-state index contributed by atoms with van der Waals surface area (Å²) in [4.78, 5) is 14.0. The van der Waals surface area contributed by atoms with Crippen LogP contribution in [-0.2, 0) is 17.9 Å². The largest absolute Gasteiger partial charge is 0.361 e. The maximum absolute atomic E-state index is 12.4. The van der Waals surface area contributed by atoms with E-state index in [2.05, 4.69) is 41.4 Å². The standard InChI is InChI=1S/C22H26N4O2/c1-15-6-8-19(9-7-15)13-26-18(4)21(17(3)23-26)10-11-22(27)25(5)14-20-12-16(2)28-24-20/h6-12H,13-14H2,1-5H3/b11-10+. The molecule has 0 radical (unpaired) electrons. The predicted octanol–water partition coefficient (Wildman–Crippen LogP) is 3.82. The molecule has 3 aromatic rings. The quantitative estimate of drug-likeness (QED) is 0.612. The number of rotatable bonds is 6. The predicted molar refractivity (Wildman–Crippen MR) is 109 cm³/mol. The van der Waals surface area contributed by atoms with Crippen molar-refractivity contribution < 1.29 is 9.32 Å². The van der Waals surface area contributed by atoms with E-state index in [0.29, 0.717) is 13.1 Å². The first-order valence-electron chi connectivity index (χ1n) is 9.28. The molecule has 3 rings (SSSR count). The van der Waals surface area contributed by atoms with Crippen molar-refractivity contribution in [2.45, 2.75) is 40.8 Å². The molecule has 0 aliphatic rings. The summed E-state index contributed by atoms with van der Waals surface area (Å²) < 4.78 is 7.03. The van der Waals surface area contributed by atoms with Crippen LogP contribution in [0.2, 0.25) is 0 Å². The van der Waals surface area contributed by atoms with E-state index in [1.54, 1.807) is 18.0 Å². The lowest BCUT2D eigenvalue weighted by atomic mass is 10.1. The summed E-state index contributed by atoms with van der Waals surface area (Å²) in [5, 5.41) is 8.57. The van der Waals surface area contributed by atoms with Gasteiger partial charge in [-0.2, -0.15) is 5.10 Å². The van der Waals surface area contributed by atoms with E-state index < -0.39 is 0 Å². The molecular formula is C22H26N4O2. The zero-order chi connectivity index (χ0) is 20.3. The molecule has 0 aliphatic carbocycles. The van der Waals surface area contributed by atoms with Gasteiger partial charge in [0.2, 0.25) is 5.91 Å². The Balaban J connectivity index is 1.70. The summed E-state index contributed by atoms with van der Waals surface area (Å²) in [6.07, 6.45) is 3.43. The van der Waals surface area contributed by atoms with Gasteiger partial charge in [-0.05, 0) is 39.3 Å². The summed E-state index contributed by atoms with van der Waals surface area (Å²) in [5.74, 6) is 0.643. The number of carbonyl (C=O) groups excluding carboxylic acids is 1. The number of amides is 1. The third kappa shape index (κ3) is 4.57. The highest BCUT2D eigenvalue weighted by Gasteiger charge is 2.12. The monoisotopic (exact) mass is 378 g/mol. The zero-order valence-corrected chi connectivity index (χ0v) is 17.1. The first-order chi connectivity index (χ1) is 13.3. The van der Waals surface area contributed by atoms with Gasteiger partial charge in [-0.25, -0.2) is 0 Å². The molecule has 28 heavy (non-hydrogen) atoms. The van der Waals surface area contributed by atoms with Gasteiger partial charge in [-0.1, -0.05) is 35.0 Å². The van der Waals surface area contributed by atoms with Crippen molar-refractivity contribution in [3.63, 3.8) is 0 Å². The van der Waals surface area contributed by atoms with Crippen LogP contribution in [0.3, 0.4) is 0 Å². The third-order valence-electron chi connectivity index (χ3n) is 4.74. The Morgan fingerprint density at radius 3 is 2.54 bits per heavy atom. The van der Waals surface area contributed by atoms with Crippen molar-refractivity contribution in [1.29, 1.82) is 0 Å². The minimum absolute atomic E-state index is 0.0919. The van der Waals surface area contributed by atoms with Crippen LogP contribution in [0.15, 0.2) is 40.9 Å². The molecule has 6 heteroatoms. The molecule has 0 saturated carbocycles. The minimum Gasteiger partial charge on any atom is -0.361 e. The van der Waals surface area contributed by atoms with Gasteiger partial charge in [-0.3, -0.25) is 9.48 Å². The fourth-order valence-electron chi connectivity index (χ4n) is 3.07. The second-order valence-corrected chi connectivity index (χ2v) is 7.18. The van der Waals surface area contributed by atoms with Crippen molar-refractivity contribution in [3.05, 3.63) is 75.9 Å². The van der Waals surface area contributed by atoms with Gasteiger partial charge in [0.25, 0.3) is 0 Å². The van der Waals surface area contributed by atoms with E-state index in [1.807, 2.05) is 37.6 Å². The maximum Gasteiger partial charge on any atom is 0.246 e. The van der Waals surface area contributed by atoms with Gasteiger partial charge in [0.05, 0.1) is 18.8 Å². The Morgan fingerprint density at radius 1 is 1.18 bits per heavy atom. The van der Waals surface area contributed by atoms with Crippen molar-refractivity contribution in [1.82, 2.24) is 19.8 Å². The molecule has 0 spiro atoms. The maximum atomic E-state index is 12.4. The van der Waals surface area contributed by atoms with Crippen molar-refractivity contribution >= 4 is 12.0 Å². The van der Waals surface area contributed by atoms with Gasteiger partial charge in [0, 0.05) is 30.4 Å². The smallest absolute Gasteiger partial charge is 0.246 e. The second kappa shape index (κ2) is 8.25. The van der Waals surface area contributed by atoms with Crippen LogP contribution in [0.1, 0.15) is 39.5 Å². The van der Waals surface area contributed by atoms with Crippen LogP contribution in [0, 0.1) is 27.7 Å². The molecule has 6 nitrogen and oxygen atoms in total. The Hall–Kier alpha value is -3.15. The Bertz CT molecular complexity index is 996. The summed E-state index contributed by atoms with van der Waals surface area (Å²) in [6, 6.07) is 10.3. The first-order valence-corrected chi connectivity index (χ1v) is 9.28. The molecule has 2 heterocycles. The molecule has 1 amide bonds. The molecule has 0 aliphatic heterocycles. The highest BCUT2D eigenvalue weighted by molar-refractivity contribution is 5.91. The topological polar surface area (TPSA) is 64.2 Å². The number of aromatic nitrogens is 3. The average molecular weight is 378 g/mol. The summed E-state index contributed by atoms with van der Waals surface area (Å²) in [7, 11) is 1.75. The molecule has 2 aromatic heterocycles.